The van der Waals surface area contributed by atoms with Gasteiger partial charge >= 0.3 is 0 Å². The van der Waals surface area contributed by atoms with E-state index in [0.29, 0.717) is 24.3 Å². The highest BCUT2D eigenvalue weighted by Crippen LogP contribution is 2.39. The van der Waals surface area contributed by atoms with Crippen molar-refractivity contribution >= 4 is 0 Å². The predicted molar refractivity (Wildman–Crippen MR) is 77.2 cm³/mol. The molecule has 1 saturated heterocycles. The summed E-state index contributed by atoms with van der Waals surface area (Å²) in [7, 11) is 0. The molecule has 1 aliphatic carbocycles. The number of aryl methyl sites for hydroxylation is 1. The van der Waals surface area contributed by atoms with Gasteiger partial charge in [-0.05, 0) is 32.2 Å². The van der Waals surface area contributed by atoms with Crippen LogP contribution in [0.4, 0.5) is 0 Å². The van der Waals surface area contributed by atoms with Crippen molar-refractivity contribution in [3.63, 3.8) is 0 Å². The van der Waals surface area contributed by atoms with Gasteiger partial charge in [-0.3, -0.25) is 4.90 Å². The lowest BCUT2D eigenvalue weighted by atomic mass is 9.97. The molecule has 0 spiro atoms. The average molecular weight is 303 g/mol. The van der Waals surface area contributed by atoms with Crippen LogP contribution in [0.5, 0.6) is 0 Å². The minimum absolute atomic E-state index is 0.346. The Morgan fingerprint density at radius 1 is 1.09 bits per heavy atom. The first-order valence-electron chi connectivity index (χ1n) is 8.19. The van der Waals surface area contributed by atoms with Gasteiger partial charge in [0.1, 0.15) is 0 Å². The van der Waals surface area contributed by atoms with Crippen molar-refractivity contribution < 1.29 is 9.05 Å². The van der Waals surface area contributed by atoms with Crippen molar-refractivity contribution in [2.75, 3.05) is 13.1 Å². The molecular formula is C15H21N5O2. The lowest BCUT2D eigenvalue weighted by molar-refractivity contribution is 0.173. The fourth-order valence-electron chi connectivity index (χ4n) is 3.01. The number of aromatic nitrogens is 4. The fourth-order valence-corrected chi connectivity index (χ4v) is 3.01. The average Bonchev–Trinajstić information content (AvgIpc) is 3.10. The maximum Gasteiger partial charge on any atom is 0.240 e. The van der Waals surface area contributed by atoms with Crippen LogP contribution < -0.4 is 0 Å². The highest BCUT2D eigenvalue weighted by Gasteiger charge is 2.32. The molecule has 1 unspecified atom stereocenters. The molecule has 1 atom stereocenters. The molecule has 2 aromatic rings. The van der Waals surface area contributed by atoms with Gasteiger partial charge in [-0.15, -0.1) is 0 Å². The van der Waals surface area contributed by atoms with Crippen molar-refractivity contribution in [3.8, 4) is 0 Å². The number of hydrogen-bond acceptors (Lipinski definition) is 7. The molecule has 3 heterocycles. The Balaban J connectivity index is 1.40. The minimum Gasteiger partial charge on any atom is -0.339 e. The largest absolute Gasteiger partial charge is 0.339 e. The van der Waals surface area contributed by atoms with Gasteiger partial charge in [0.05, 0.1) is 6.54 Å². The zero-order valence-electron chi connectivity index (χ0n) is 12.9. The maximum absolute atomic E-state index is 5.39. The Labute approximate surface area is 129 Å². The molecule has 2 aromatic heterocycles. The van der Waals surface area contributed by atoms with Crippen LogP contribution in [0.25, 0.3) is 0 Å². The molecule has 1 aliphatic heterocycles. The molecule has 2 aliphatic rings. The van der Waals surface area contributed by atoms with Gasteiger partial charge in [0.25, 0.3) is 0 Å². The van der Waals surface area contributed by atoms with Crippen LogP contribution in [0.15, 0.2) is 9.05 Å². The summed E-state index contributed by atoms with van der Waals surface area (Å²) in [4.78, 5) is 11.3. The molecule has 118 valence electrons. The molecule has 7 heteroatoms. The zero-order valence-corrected chi connectivity index (χ0v) is 12.9. The summed E-state index contributed by atoms with van der Waals surface area (Å²) in [5, 5.41) is 8.15. The van der Waals surface area contributed by atoms with Crippen molar-refractivity contribution in [1.29, 1.82) is 0 Å². The van der Waals surface area contributed by atoms with Gasteiger partial charge in [0.15, 0.2) is 11.6 Å². The second kappa shape index (κ2) is 5.79. The van der Waals surface area contributed by atoms with Gasteiger partial charge in [-0.2, -0.15) is 9.97 Å². The van der Waals surface area contributed by atoms with Crippen LogP contribution in [-0.4, -0.2) is 38.3 Å². The van der Waals surface area contributed by atoms with E-state index in [9.17, 15) is 0 Å². The predicted octanol–water partition coefficient (Wildman–Crippen LogP) is 2.27. The summed E-state index contributed by atoms with van der Waals surface area (Å²) < 4.78 is 10.7. The lowest BCUT2D eigenvalue weighted by Crippen LogP contribution is -2.34. The second-order valence-corrected chi connectivity index (χ2v) is 6.30. The molecule has 1 saturated carbocycles. The first-order valence-corrected chi connectivity index (χ1v) is 8.19. The molecule has 0 bridgehead atoms. The van der Waals surface area contributed by atoms with Crippen LogP contribution in [0.1, 0.15) is 67.9 Å². The molecule has 7 nitrogen and oxygen atoms in total. The van der Waals surface area contributed by atoms with Crippen LogP contribution in [0.3, 0.4) is 0 Å². The number of likely N-dealkylation sites (tertiary alicyclic amines) is 1. The van der Waals surface area contributed by atoms with E-state index in [4.69, 9.17) is 9.05 Å². The standard InChI is InChI=1S/C15H21N5O2/c1-2-12-16-13(21-18-12)9-20-7-3-4-11(8-20)14-17-15(22-19-14)10-5-6-10/h10-11H,2-9H2,1H3. The van der Waals surface area contributed by atoms with Crippen molar-refractivity contribution in [3.05, 3.63) is 23.4 Å². The highest BCUT2D eigenvalue weighted by atomic mass is 16.5. The summed E-state index contributed by atoms with van der Waals surface area (Å²) in [5.74, 6) is 4.04. The van der Waals surface area contributed by atoms with Gasteiger partial charge < -0.3 is 9.05 Å². The van der Waals surface area contributed by atoms with E-state index in [0.717, 1.165) is 49.9 Å². The van der Waals surface area contributed by atoms with Gasteiger partial charge in [0.2, 0.25) is 11.8 Å². The Bertz CT molecular complexity index is 633. The Kier molecular flexibility index (Phi) is 3.65. The van der Waals surface area contributed by atoms with E-state index in [-0.39, 0.29) is 0 Å². The smallest absolute Gasteiger partial charge is 0.240 e. The van der Waals surface area contributed by atoms with Gasteiger partial charge in [-0.25, -0.2) is 0 Å². The van der Waals surface area contributed by atoms with E-state index < -0.39 is 0 Å². The van der Waals surface area contributed by atoms with E-state index in [1.165, 1.54) is 12.8 Å². The first-order chi connectivity index (χ1) is 10.8. The van der Waals surface area contributed by atoms with Crippen molar-refractivity contribution in [1.82, 2.24) is 25.2 Å². The topological polar surface area (TPSA) is 81.1 Å². The summed E-state index contributed by atoms with van der Waals surface area (Å²) in [6, 6.07) is 0. The summed E-state index contributed by atoms with van der Waals surface area (Å²) in [6.45, 7) is 4.71. The Morgan fingerprint density at radius 2 is 2.00 bits per heavy atom. The van der Waals surface area contributed by atoms with E-state index in [1.807, 2.05) is 6.92 Å². The number of hydrogen-bond donors (Lipinski definition) is 0. The molecular weight excluding hydrogens is 282 g/mol. The van der Waals surface area contributed by atoms with Crippen LogP contribution >= 0.6 is 0 Å². The maximum atomic E-state index is 5.39. The number of rotatable bonds is 5. The van der Waals surface area contributed by atoms with Gasteiger partial charge in [-0.1, -0.05) is 17.2 Å². The van der Waals surface area contributed by atoms with Crippen molar-refractivity contribution in [2.24, 2.45) is 0 Å². The highest BCUT2D eigenvalue weighted by molar-refractivity contribution is 5.05. The quantitative estimate of drug-likeness (QED) is 0.838. The normalized spacial score (nSPS) is 23.0. The Hall–Kier alpha value is -1.76. The van der Waals surface area contributed by atoms with E-state index in [2.05, 4.69) is 25.2 Å². The number of piperidine rings is 1. The third-order valence-electron chi connectivity index (χ3n) is 4.44. The second-order valence-electron chi connectivity index (χ2n) is 6.30. The monoisotopic (exact) mass is 303 g/mol. The van der Waals surface area contributed by atoms with Gasteiger partial charge in [0, 0.05) is 24.8 Å². The lowest BCUT2D eigenvalue weighted by Gasteiger charge is -2.29. The Morgan fingerprint density at radius 3 is 2.77 bits per heavy atom. The molecule has 0 amide bonds. The molecule has 4 rings (SSSR count). The van der Waals surface area contributed by atoms with Crippen LogP contribution in [0, 0.1) is 0 Å². The first kappa shape index (κ1) is 13.9. The van der Waals surface area contributed by atoms with E-state index in [1.54, 1.807) is 0 Å². The molecule has 0 radical (unpaired) electrons. The summed E-state index contributed by atoms with van der Waals surface area (Å²) >= 11 is 0. The molecule has 0 N–H and O–H groups in total. The van der Waals surface area contributed by atoms with Crippen LogP contribution in [-0.2, 0) is 13.0 Å². The third kappa shape index (κ3) is 2.90. The summed E-state index contributed by atoms with van der Waals surface area (Å²) in [5.41, 5.74) is 0. The SMILES string of the molecule is CCc1noc(CN2CCCC(c3noc(C4CC4)n3)C2)n1. The third-order valence-corrected chi connectivity index (χ3v) is 4.44. The molecule has 2 fully saturated rings. The molecule has 22 heavy (non-hydrogen) atoms. The van der Waals surface area contributed by atoms with Crippen molar-refractivity contribution in [2.45, 2.75) is 57.4 Å². The number of nitrogens with zero attached hydrogens (tertiary/aromatic N) is 5. The zero-order chi connectivity index (χ0) is 14.9. The summed E-state index contributed by atoms with van der Waals surface area (Å²) in [6.07, 6.45) is 5.43. The molecule has 0 aromatic carbocycles. The fraction of sp³-hybridized carbons (Fsp3) is 0.733. The van der Waals surface area contributed by atoms with Crippen LogP contribution in [0.2, 0.25) is 0 Å². The van der Waals surface area contributed by atoms with E-state index >= 15 is 0 Å². The minimum atomic E-state index is 0.346.